The molecule has 1 aromatic heterocycles. The van der Waals surface area contributed by atoms with Crippen LogP contribution in [0.15, 0.2) is 47.8 Å². The number of halogens is 2. The Morgan fingerprint density at radius 2 is 1.97 bits per heavy atom. The molecule has 1 amide bonds. The zero-order valence-corrected chi connectivity index (χ0v) is 15.4. The van der Waals surface area contributed by atoms with Crippen molar-refractivity contribution >= 4 is 12.1 Å². The first-order valence-corrected chi connectivity index (χ1v) is 8.82. The third-order valence-corrected chi connectivity index (χ3v) is 4.22. The molecule has 1 aliphatic rings. The van der Waals surface area contributed by atoms with Gasteiger partial charge in [0.1, 0.15) is 17.7 Å². The van der Waals surface area contributed by atoms with Gasteiger partial charge in [-0.1, -0.05) is 6.58 Å². The molecule has 2 heterocycles. The van der Waals surface area contributed by atoms with E-state index in [0.29, 0.717) is 36.0 Å². The first-order valence-electron chi connectivity index (χ1n) is 8.82. The third kappa shape index (κ3) is 4.99. The van der Waals surface area contributed by atoms with E-state index in [1.807, 2.05) is 6.07 Å². The topological polar surface area (TPSA) is 91.5 Å². The van der Waals surface area contributed by atoms with Crippen molar-refractivity contribution in [2.24, 2.45) is 5.10 Å². The van der Waals surface area contributed by atoms with Gasteiger partial charge >= 0.3 is 6.01 Å². The molecule has 0 spiro atoms. The number of carbonyl (C=O) groups is 1. The highest BCUT2D eigenvalue weighted by Gasteiger charge is 2.30. The summed E-state index contributed by atoms with van der Waals surface area (Å²) in [5.74, 6) is -1.83. The van der Waals surface area contributed by atoms with Gasteiger partial charge in [-0.3, -0.25) is 4.79 Å². The van der Waals surface area contributed by atoms with Gasteiger partial charge in [0.25, 0.3) is 5.91 Å². The van der Waals surface area contributed by atoms with E-state index in [1.165, 1.54) is 35.7 Å². The third-order valence-electron chi connectivity index (χ3n) is 4.22. The molecule has 0 radical (unpaired) electrons. The average molecular weight is 397 g/mol. The molecule has 9 heteroatoms. The molecule has 1 unspecified atom stereocenters. The molecule has 0 saturated heterocycles. The highest BCUT2D eigenvalue weighted by molar-refractivity contribution is 5.94. The Morgan fingerprint density at radius 1 is 1.28 bits per heavy atom. The van der Waals surface area contributed by atoms with Gasteiger partial charge in [0.15, 0.2) is 0 Å². The molecule has 1 aliphatic heterocycles. The Hall–Kier alpha value is -3.67. The lowest BCUT2D eigenvalue weighted by Gasteiger charge is -2.23. The van der Waals surface area contributed by atoms with E-state index >= 15 is 0 Å². The summed E-state index contributed by atoms with van der Waals surface area (Å²) in [6.07, 6.45) is 5.41. The quantitative estimate of drug-likeness (QED) is 0.528. The molecule has 1 aromatic carbocycles. The van der Waals surface area contributed by atoms with Crippen molar-refractivity contribution in [2.45, 2.75) is 25.3 Å². The van der Waals surface area contributed by atoms with Gasteiger partial charge in [-0.15, -0.1) is 0 Å². The second kappa shape index (κ2) is 9.01. The minimum absolute atomic E-state index is 0.137. The number of hydrazone groups is 1. The van der Waals surface area contributed by atoms with E-state index in [4.69, 9.17) is 10.00 Å². The van der Waals surface area contributed by atoms with Crippen molar-refractivity contribution in [3.05, 3.63) is 65.5 Å². The minimum Gasteiger partial charge on any atom is -0.463 e. The maximum absolute atomic E-state index is 13.5. The van der Waals surface area contributed by atoms with Crippen molar-refractivity contribution in [3.63, 3.8) is 0 Å². The van der Waals surface area contributed by atoms with Crippen LogP contribution in [0.3, 0.4) is 0 Å². The first kappa shape index (κ1) is 20.1. The largest absolute Gasteiger partial charge is 0.463 e. The van der Waals surface area contributed by atoms with E-state index < -0.39 is 23.6 Å². The predicted octanol–water partition coefficient (Wildman–Crippen LogP) is 3.30. The van der Waals surface area contributed by atoms with Crippen LogP contribution in [0.2, 0.25) is 0 Å². The number of aromatic nitrogens is 2. The highest BCUT2D eigenvalue weighted by Crippen LogP contribution is 2.30. The number of ether oxygens (including phenoxy) is 1. The van der Waals surface area contributed by atoms with Gasteiger partial charge in [0, 0.05) is 24.3 Å². The summed E-state index contributed by atoms with van der Waals surface area (Å²) in [4.78, 5) is 20.4. The Bertz CT molecular complexity index is 965. The van der Waals surface area contributed by atoms with Crippen LogP contribution in [0.4, 0.5) is 8.78 Å². The summed E-state index contributed by atoms with van der Waals surface area (Å²) in [6.45, 7) is 4.04. The molecule has 7 nitrogen and oxygen atoms in total. The number of hydrogen-bond acceptors (Lipinski definition) is 6. The van der Waals surface area contributed by atoms with Crippen LogP contribution in [0.1, 0.15) is 36.4 Å². The standard InChI is InChI=1S/C20H17F2N5O2/c1-13(3-2-6-29-20-24-11-14(10-23)12-25-20)19(28)27-18(4-5-26-27)15-7-16(21)9-17(22)8-15/h5,7-9,11-12,18H,1-4,6H2. The SMILES string of the molecule is C=C(CCCOc1ncc(C#N)cn1)C(=O)N1N=CCC1c1cc(F)cc(F)c1. The monoisotopic (exact) mass is 397 g/mol. The summed E-state index contributed by atoms with van der Waals surface area (Å²) in [5.41, 5.74) is 0.966. The maximum Gasteiger partial charge on any atom is 0.316 e. The molecular weight excluding hydrogens is 380 g/mol. The maximum atomic E-state index is 13.5. The van der Waals surface area contributed by atoms with Crippen molar-refractivity contribution < 1.29 is 18.3 Å². The molecule has 148 valence electrons. The van der Waals surface area contributed by atoms with Gasteiger partial charge in [0.2, 0.25) is 0 Å². The van der Waals surface area contributed by atoms with E-state index in [0.717, 1.165) is 6.07 Å². The van der Waals surface area contributed by atoms with Crippen LogP contribution in [0.25, 0.3) is 0 Å². The molecule has 0 bridgehead atoms. The summed E-state index contributed by atoms with van der Waals surface area (Å²) in [5, 5.41) is 13.9. The molecule has 0 saturated carbocycles. The van der Waals surface area contributed by atoms with Crippen molar-refractivity contribution in [1.29, 1.82) is 5.26 Å². The summed E-state index contributed by atoms with van der Waals surface area (Å²) >= 11 is 0. The summed E-state index contributed by atoms with van der Waals surface area (Å²) in [6, 6.07) is 4.63. The Morgan fingerprint density at radius 3 is 2.62 bits per heavy atom. The van der Waals surface area contributed by atoms with E-state index in [-0.39, 0.29) is 12.6 Å². The first-order chi connectivity index (χ1) is 14.0. The highest BCUT2D eigenvalue weighted by atomic mass is 19.1. The zero-order chi connectivity index (χ0) is 20.8. The van der Waals surface area contributed by atoms with Crippen molar-refractivity contribution in [3.8, 4) is 12.1 Å². The number of nitrogens with zero attached hydrogens (tertiary/aromatic N) is 5. The van der Waals surface area contributed by atoms with Crippen LogP contribution >= 0.6 is 0 Å². The van der Waals surface area contributed by atoms with Crippen LogP contribution in [0, 0.1) is 23.0 Å². The molecule has 29 heavy (non-hydrogen) atoms. The number of hydrogen-bond donors (Lipinski definition) is 0. The Balaban J connectivity index is 1.52. The summed E-state index contributed by atoms with van der Waals surface area (Å²) < 4.78 is 32.4. The number of benzene rings is 1. The molecule has 0 fully saturated rings. The Labute approximate surface area is 166 Å². The van der Waals surface area contributed by atoms with E-state index in [2.05, 4.69) is 21.6 Å². The normalized spacial score (nSPS) is 15.2. The van der Waals surface area contributed by atoms with Gasteiger partial charge in [-0.25, -0.2) is 23.8 Å². The lowest BCUT2D eigenvalue weighted by Crippen LogP contribution is -2.28. The average Bonchev–Trinajstić information content (AvgIpc) is 3.20. The fourth-order valence-electron chi connectivity index (χ4n) is 2.82. The molecule has 0 aliphatic carbocycles. The molecule has 1 atom stereocenters. The number of rotatable bonds is 7. The fraction of sp³-hybridized carbons (Fsp3) is 0.250. The second-order valence-corrected chi connectivity index (χ2v) is 6.32. The minimum atomic E-state index is -0.708. The van der Waals surface area contributed by atoms with Crippen molar-refractivity contribution in [2.75, 3.05) is 6.61 Å². The van der Waals surface area contributed by atoms with Gasteiger partial charge in [-0.05, 0) is 30.5 Å². The van der Waals surface area contributed by atoms with Crippen LogP contribution in [-0.4, -0.2) is 33.7 Å². The Kier molecular flexibility index (Phi) is 6.24. The zero-order valence-electron chi connectivity index (χ0n) is 15.4. The predicted molar refractivity (Wildman–Crippen MR) is 99.7 cm³/mol. The molecule has 0 N–H and O–H groups in total. The van der Waals surface area contributed by atoms with Gasteiger partial charge < -0.3 is 4.74 Å². The van der Waals surface area contributed by atoms with Crippen LogP contribution < -0.4 is 4.74 Å². The van der Waals surface area contributed by atoms with Crippen molar-refractivity contribution in [1.82, 2.24) is 15.0 Å². The summed E-state index contributed by atoms with van der Waals surface area (Å²) in [7, 11) is 0. The number of amides is 1. The van der Waals surface area contributed by atoms with E-state index in [1.54, 1.807) is 0 Å². The lowest BCUT2D eigenvalue weighted by molar-refractivity contribution is -0.129. The molecule has 3 rings (SSSR count). The van der Waals surface area contributed by atoms with Crippen LogP contribution in [0.5, 0.6) is 6.01 Å². The van der Waals surface area contributed by atoms with Crippen LogP contribution in [-0.2, 0) is 4.79 Å². The van der Waals surface area contributed by atoms with Gasteiger partial charge in [0.05, 0.1) is 30.6 Å². The van der Waals surface area contributed by atoms with Gasteiger partial charge in [-0.2, -0.15) is 10.4 Å². The fourth-order valence-corrected chi connectivity index (χ4v) is 2.82. The lowest BCUT2D eigenvalue weighted by atomic mass is 10.0. The smallest absolute Gasteiger partial charge is 0.316 e. The molecular formula is C20H17F2N5O2. The second-order valence-electron chi connectivity index (χ2n) is 6.32. The number of nitriles is 1. The van der Waals surface area contributed by atoms with E-state index in [9.17, 15) is 13.6 Å². The number of carbonyl (C=O) groups excluding carboxylic acids is 1. The molecule has 2 aromatic rings.